The van der Waals surface area contributed by atoms with E-state index in [0.717, 1.165) is 18.2 Å². The van der Waals surface area contributed by atoms with Crippen molar-refractivity contribution in [3.05, 3.63) is 29.0 Å². The molecule has 1 saturated heterocycles. The Labute approximate surface area is 156 Å². The molecule has 2 aromatic rings. The number of aliphatic hydroxyl groups is 3. The van der Waals surface area contributed by atoms with Crippen molar-refractivity contribution in [3.8, 4) is 0 Å². The highest BCUT2D eigenvalue weighted by atomic mass is 35.5. The van der Waals surface area contributed by atoms with Gasteiger partial charge in [0, 0.05) is 11.4 Å². The summed E-state index contributed by atoms with van der Waals surface area (Å²) in [6.07, 6.45) is 0.874. The highest BCUT2D eigenvalue weighted by Crippen LogP contribution is 2.35. The van der Waals surface area contributed by atoms with Crippen molar-refractivity contribution in [2.45, 2.75) is 56.1 Å². The van der Waals surface area contributed by atoms with Gasteiger partial charge in [0.15, 0.2) is 0 Å². The van der Waals surface area contributed by atoms with E-state index >= 15 is 0 Å². The molecule has 1 aliphatic heterocycles. The molecule has 140 valence electrons. The molecule has 1 saturated carbocycles. The summed E-state index contributed by atoms with van der Waals surface area (Å²) >= 11 is 6.10. The maximum absolute atomic E-state index is 10.2. The third-order valence-corrected chi connectivity index (χ3v) is 5.43. The van der Waals surface area contributed by atoms with Crippen LogP contribution in [0.3, 0.4) is 0 Å². The van der Waals surface area contributed by atoms with Gasteiger partial charge in [0.05, 0.1) is 12.1 Å². The van der Waals surface area contributed by atoms with E-state index in [9.17, 15) is 15.3 Å². The standard InChI is InChI=1S/C18H22ClN3O4/c19-18-21-12-7-9(16-15(25)14(24)13(8-23)26-16)5-6-11(12)17(22-18)20-10-3-1-2-4-10/h5-7,10,13-16,23-25H,1-4,8H2,(H,20,21,22)/t13-,14-,15-,16+/m1/s1. The monoisotopic (exact) mass is 379 g/mol. The van der Waals surface area contributed by atoms with Gasteiger partial charge in [-0.15, -0.1) is 0 Å². The van der Waals surface area contributed by atoms with Crippen molar-refractivity contribution in [1.82, 2.24) is 9.97 Å². The summed E-state index contributed by atoms with van der Waals surface area (Å²) in [5.41, 5.74) is 1.31. The van der Waals surface area contributed by atoms with E-state index in [4.69, 9.17) is 16.3 Å². The number of nitrogens with zero attached hydrogens (tertiary/aromatic N) is 2. The molecule has 0 spiro atoms. The molecule has 4 atom stereocenters. The number of aliphatic hydroxyl groups excluding tert-OH is 3. The number of benzene rings is 1. The van der Waals surface area contributed by atoms with Crippen LogP contribution in [-0.4, -0.2) is 56.2 Å². The van der Waals surface area contributed by atoms with Crippen LogP contribution in [0, 0.1) is 0 Å². The number of hydrogen-bond donors (Lipinski definition) is 4. The summed E-state index contributed by atoms with van der Waals surface area (Å²) in [6.45, 7) is -0.355. The number of fused-ring (bicyclic) bond motifs is 1. The first-order valence-electron chi connectivity index (χ1n) is 8.93. The number of nitrogens with one attached hydrogen (secondary N) is 1. The fourth-order valence-electron chi connectivity index (χ4n) is 3.84. The molecule has 7 nitrogen and oxygen atoms in total. The van der Waals surface area contributed by atoms with Crippen molar-refractivity contribution in [1.29, 1.82) is 0 Å². The van der Waals surface area contributed by atoms with Crippen molar-refractivity contribution in [2.75, 3.05) is 11.9 Å². The Hall–Kier alpha value is -1.51. The molecule has 2 fully saturated rings. The van der Waals surface area contributed by atoms with Crippen molar-refractivity contribution in [3.63, 3.8) is 0 Å². The van der Waals surface area contributed by atoms with Gasteiger partial charge in [-0.2, -0.15) is 0 Å². The number of rotatable bonds is 4. The number of hydrogen-bond acceptors (Lipinski definition) is 7. The predicted octanol–water partition coefficient (Wildman–Crippen LogP) is 1.79. The smallest absolute Gasteiger partial charge is 0.224 e. The average molecular weight is 380 g/mol. The first-order chi connectivity index (χ1) is 12.6. The normalized spacial score (nSPS) is 29.5. The Morgan fingerprint density at radius 3 is 2.62 bits per heavy atom. The molecule has 4 rings (SSSR count). The van der Waals surface area contributed by atoms with Crippen molar-refractivity contribution in [2.24, 2.45) is 0 Å². The van der Waals surface area contributed by atoms with E-state index in [1.165, 1.54) is 12.8 Å². The Morgan fingerprint density at radius 2 is 1.92 bits per heavy atom. The first-order valence-corrected chi connectivity index (χ1v) is 9.31. The van der Waals surface area contributed by atoms with Crippen LogP contribution in [0.2, 0.25) is 5.28 Å². The summed E-state index contributed by atoms with van der Waals surface area (Å²) < 4.78 is 5.60. The third kappa shape index (κ3) is 3.25. The number of anilines is 1. The molecule has 26 heavy (non-hydrogen) atoms. The number of aromatic nitrogens is 2. The lowest BCUT2D eigenvalue weighted by molar-refractivity contribution is -0.0227. The van der Waals surface area contributed by atoms with Crippen LogP contribution in [0.25, 0.3) is 10.9 Å². The Kier molecular flexibility index (Phi) is 4.98. The van der Waals surface area contributed by atoms with Crippen LogP contribution in [-0.2, 0) is 4.74 Å². The van der Waals surface area contributed by atoms with Crippen LogP contribution in [0.1, 0.15) is 37.4 Å². The van der Waals surface area contributed by atoms with Gasteiger partial charge in [-0.05, 0) is 42.1 Å². The van der Waals surface area contributed by atoms with Crippen LogP contribution < -0.4 is 5.32 Å². The molecule has 0 bridgehead atoms. The zero-order chi connectivity index (χ0) is 18.3. The maximum atomic E-state index is 10.2. The molecule has 8 heteroatoms. The summed E-state index contributed by atoms with van der Waals surface area (Å²) in [4.78, 5) is 8.63. The lowest BCUT2D eigenvalue weighted by Crippen LogP contribution is -2.32. The molecule has 1 aromatic carbocycles. The van der Waals surface area contributed by atoms with Crippen molar-refractivity contribution < 1.29 is 20.1 Å². The summed E-state index contributed by atoms with van der Waals surface area (Å²) in [5.74, 6) is 0.708. The van der Waals surface area contributed by atoms with E-state index in [1.807, 2.05) is 12.1 Å². The van der Waals surface area contributed by atoms with E-state index in [1.54, 1.807) is 6.07 Å². The summed E-state index contributed by atoms with van der Waals surface area (Å²) in [7, 11) is 0. The van der Waals surface area contributed by atoms with Crippen LogP contribution in [0.4, 0.5) is 5.82 Å². The number of halogens is 1. The molecular weight excluding hydrogens is 358 g/mol. The summed E-state index contributed by atoms with van der Waals surface area (Å²) in [6, 6.07) is 5.86. The highest BCUT2D eigenvalue weighted by molar-refractivity contribution is 6.28. The summed E-state index contributed by atoms with van der Waals surface area (Å²) in [5, 5.41) is 33.9. The number of ether oxygens (including phenoxy) is 1. The van der Waals surface area contributed by atoms with E-state index in [-0.39, 0.29) is 11.9 Å². The van der Waals surface area contributed by atoms with Gasteiger partial charge in [-0.1, -0.05) is 18.9 Å². The third-order valence-electron chi connectivity index (χ3n) is 5.26. The lowest BCUT2D eigenvalue weighted by Gasteiger charge is -2.17. The highest BCUT2D eigenvalue weighted by Gasteiger charge is 2.43. The molecule has 0 radical (unpaired) electrons. The second-order valence-electron chi connectivity index (χ2n) is 7.00. The largest absolute Gasteiger partial charge is 0.394 e. The predicted molar refractivity (Wildman–Crippen MR) is 97.1 cm³/mol. The Morgan fingerprint density at radius 1 is 1.15 bits per heavy atom. The minimum Gasteiger partial charge on any atom is -0.394 e. The van der Waals surface area contributed by atoms with Crippen molar-refractivity contribution >= 4 is 28.3 Å². The van der Waals surface area contributed by atoms with Gasteiger partial charge in [0.1, 0.15) is 30.2 Å². The van der Waals surface area contributed by atoms with Gasteiger partial charge in [0.25, 0.3) is 0 Å². The zero-order valence-electron chi connectivity index (χ0n) is 14.2. The minimum absolute atomic E-state index is 0.149. The van der Waals surface area contributed by atoms with Gasteiger partial charge >= 0.3 is 0 Å². The molecule has 2 aliphatic rings. The molecule has 2 heterocycles. The average Bonchev–Trinajstić information content (AvgIpc) is 3.23. The quantitative estimate of drug-likeness (QED) is 0.600. The van der Waals surface area contributed by atoms with Crippen LogP contribution >= 0.6 is 11.6 Å². The first kappa shape index (κ1) is 17.9. The fourth-order valence-corrected chi connectivity index (χ4v) is 4.02. The van der Waals surface area contributed by atoms with E-state index in [0.29, 0.717) is 22.9 Å². The van der Waals surface area contributed by atoms with Gasteiger partial charge in [0.2, 0.25) is 5.28 Å². The second kappa shape index (κ2) is 7.25. The lowest BCUT2D eigenvalue weighted by atomic mass is 10.0. The zero-order valence-corrected chi connectivity index (χ0v) is 14.9. The fraction of sp³-hybridized carbons (Fsp3) is 0.556. The maximum Gasteiger partial charge on any atom is 0.224 e. The minimum atomic E-state index is -1.13. The second-order valence-corrected chi connectivity index (χ2v) is 7.34. The van der Waals surface area contributed by atoms with Gasteiger partial charge in [-0.25, -0.2) is 9.97 Å². The Bertz CT molecular complexity index is 799. The van der Waals surface area contributed by atoms with Crippen LogP contribution in [0.5, 0.6) is 0 Å². The topological polar surface area (TPSA) is 108 Å². The molecule has 1 aromatic heterocycles. The van der Waals surface area contributed by atoms with Gasteiger partial charge < -0.3 is 25.4 Å². The molecular formula is C18H22ClN3O4. The molecule has 1 aliphatic carbocycles. The molecule has 0 unspecified atom stereocenters. The molecule has 0 amide bonds. The SMILES string of the molecule is OC[C@H]1O[C@@H](c2ccc3c(NC4CCCC4)nc(Cl)nc3c2)[C@H](O)[C@@H]1O. The Balaban J connectivity index is 1.67. The van der Waals surface area contributed by atoms with E-state index in [2.05, 4.69) is 15.3 Å². The van der Waals surface area contributed by atoms with Crippen LogP contribution in [0.15, 0.2) is 18.2 Å². The van der Waals surface area contributed by atoms with Gasteiger partial charge in [-0.3, -0.25) is 0 Å². The van der Waals surface area contributed by atoms with E-state index < -0.39 is 24.4 Å². The molecule has 4 N–H and O–H groups in total.